The molecule has 0 bridgehead atoms. The minimum absolute atomic E-state index is 0.165. The summed E-state index contributed by atoms with van der Waals surface area (Å²) in [6, 6.07) is 0. The molecule has 0 aliphatic carbocycles. The SMILES string of the molecule is OCCc1cocc1Br. The van der Waals surface area contributed by atoms with Crippen molar-refractivity contribution in [2.45, 2.75) is 6.42 Å². The zero-order valence-electron chi connectivity index (χ0n) is 4.80. The van der Waals surface area contributed by atoms with Crippen LogP contribution in [0.5, 0.6) is 0 Å². The highest BCUT2D eigenvalue weighted by Crippen LogP contribution is 2.17. The summed E-state index contributed by atoms with van der Waals surface area (Å²) in [4.78, 5) is 0. The maximum atomic E-state index is 8.50. The lowest BCUT2D eigenvalue weighted by molar-refractivity contribution is 0.299. The number of halogens is 1. The molecule has 0 saturated carbocycles. The summed E-state index contributed by atoms with van der Waals surface area (Å²) >= 11 is 3.26. The van der Waals surface area contributed by atoms with Crippen LogP contribution in [-0.2, 0) is 6.42 Å². The second kappa shape index (κ2) is 3.03. The molecule has 0 amide bonds. The zero-order valence-corrected chi connectivity index (χ0v) is 6.39. The normalized spacial score (nSPS) is 10.0. The van der Waals surface area contributed by atoms with Crippen LogP contribution in [0.1, 0.15) is 5.56 Å². The number of rotatable bonds is 2. The highest BCUT2D eigenvalue weighted by molar-refractivity contribution is 9.10. The van der Waals surface area contributed by atoms with Crippen molar-refractivity contribution < 1.29 is 9.52 Å². The van der Waals surface area contributed by atoms with Gasteiger partial charge in [-0.3, -0.25) is 0 Å². The van der Waals surface area contributed by atoms with Crippen molar-refractivity contribution in [2.24, 2.45) is 0 Å². The Morgan fingerprint density at radius 3 is 2.78 bits per heavy atom. The van der Waals surface area contributed by atoms with E-state index in [1.807, 2.05) is 0 Å². The van der Waals surface area contributed by atoms with Gasteiger partial charge in [-0.05, 0) is 22.4 Å². The van der Waals surface area contributed by atoms with Crippen molar-refractivity contribution in [1.29, 1.82) is 0 Å². The summed E-state index contributed by atoms with van der Waals surface area (Å²) in [5, 5.41) is 8.50. The predicted octanol–water partition coefficient (Wildman–Crippen LogP) is 1.58. The van der Waals surface area contributed by atoms with Crippen molar-refractivity contribution in [3.05, 3.63) is 22.6 Å². The van der Waals surface area contributed by atoms with Gasteiger partial charge in [0, 0.05) is 12.2 Å². The standard InChI is InChI=1S/C6H7BrO2/c7-6-4-9-3-5(6)1-2-8/h3-4,8H,1-2H2. The third-order valence-corrected chi connectivity index (χ3v) is 1.77. The van der Waals surface area contributed by atoms with Gasteiger partial charge in [-0.15, -0.1) is 0 Å². The van der Waals surface area contributed by atoms with E-state index in [-0.39, 0.29) is 6.61 Å². The highest BCUT2D eigenvalue weighted by atomic mass is 79.9. The molecule has 0 atom stereocenters. The first-order valence-corrected chi connectivity index (χ1v) is 3.45. The monoisotopic (exact) mass is 190 g/mol. The van der Waals surface area contributed by atoms with Crippen LogP contribution in [0, 0.1) is 0 Å². The van der Waals surface area contributed by atoms with E-state index in [0.29, 0.717) is 6.42 Å². The van der Waals surface area contributed by atoms with E-state index in [9.17, 15) is 0 Å². The van der Waals surface area contributed by atoms with E-state index in [0.717, 1.165) is 10.0 Å². The van der Waals surface area contributed by atoms with E-state index in [1.165, 1.54) is 0 Å². The topological polar surface area (TPSA) is 33.4 Å². The number of hydrogen-bond acceptors (Lipinski definition) is 2. The van der Waals surface area contributed by atoms with E-state index in [2.05, 4.69) is 15.9 Å². The molecule has 0 saturated heterocycles. The Bertz CT molecular complexity index is 183. The number of aliphatic hydroxyl groups is 1. The summed E-state index contributed by atoms with van der Waals surface area (Å²) in [6.45, 7) is 0.165. The molecular weight excluding hydrogens is 184 g/mol. The van der Waals surface area contributed by atoms with Crippen LogP contribution in [0.15, 0.2) is 21.4 Å². The van der Waals surface area contributed by atoms with E-state index < -0.39 is 0 Å². The van der Waals surface area contributed by atoms with Crippen LogP contribution in [0.3, 0.4) is 0 Å². The minimum Gasteiger partial charge on any atom is -0.471 e. The molecule has 0 unspecified atom stereocenters. The molecule has 0 aliphatic heterocycles. The third-order valence-electron chi connectivity index (χ3n) is 1.07. The molecule has 0 aromatic carbocycles. The fourth-order valence-electron chi connectivity index (χ4n) is 0.607. The summed E-state index contributed by atoms with van der Waals surface area (Å²) in [6.07, 6.45) is 3.88. The maximum absolute atomic E-state index is 8.50. The maximum Gasteiger partial charge on any atom is 0.105 e. The molecule has 50 valence electrons. The van der Waals surface area contributed by atoms with Gasteiger partial charge in [-0.25, -0.2) is 0 Å². The lowest BCUT2D eigenvalue weighted by Gasteiger charge is -1.88. The summed E-state index contributed by atoms with van der Waals surface area (Å²) in [5.74, 6) is 0. The van der Waals surface area contributed by atoms with E-state index in [1.54, 1.807) is 12.5 Å². The van der Waals surface area contributed by atoms with Crippen LogP contribution in [-0.4, -0.2) is 11.7 Å². The molecule has 0 radical (unpaired) electrons. The number of furan rings is 1. The van der Waals surface area contributed by atoms with Gasteiger partial charge in [0.2, 0.25) is 0 Å². The molecule has 1 aromatic rings. The first-order valence-electron chi connectivity index (χ1n) is 2.66. The highest BCUT2D eigenvalue weighted by Gasteiger charge is 1.98. The van der Waals surface area contributed by atoms with Gasteiger partial charge in [-0.2, -0.15) is 0 Å². The lowest BCUT2D eigenvalue weighted by Crippen LogP contribution is -1.87. The molecule has 0 aliphatic rings. The zero-order chi connectivity index (χ0) is 6.69. The Hall–Kier alpha value is -0.280. The number of aliphatic hydroxyl groups excluding tert-OH is 1. The molecule has 2 nitrogen and oxygen atoms in total. The van der Waals surface area contributed by atoms with Crippen LogP contribution in [0.25, 0.3) is 0 Å². The summed E-state index contributed by atoms with van der Waals surface area (Å²) < 4.78 is 5.77. The molecule has 1 rings (SSSR count). The lowest BCUT2D eigenvalue weighted by atomic mass is 10.3. The molecule has 3 heteroatoms. The fraction of sp³-hybridized carbons (Fsp3) is 0.333. The average molecular weight is 191 g/mol. The van der Waals surface area contributed by atoms with Crippen molar-refractivity contribution in [3.63, 3.8) is 0 Å². The largest absolute Gasteiger partial charge is 0.471 e. The van der Waals surface area contributed by atoms with Gasteiger partial charge in [-0.1, -0.05) is 0 Å². The van der Waals surface area contributed by atoms with Crippen molar-refractivity contribution in [1.82, 2.24) is 0 Å². The summed E-state index contributed by atoms with van der Waals surface area (Å²) in [5.41, 5.74) is 1.01. The molecule has 1 aromatic heterocycles. The van der Waals surface area contributed by atoms with Gasteiger partial charge in [0.15, 0.2) is 0 Å². The predicted molar refractivity (Wildman–Crippen MR) is 37.2 cm³/mol. The molecular formula is C6H7BrO2. The second-order valence-electron chi connectivity index (χ2n) is 1.72. The third kappa shape index (κ3) is 1.56. The number of hydrogen-bond donors (Lipinski definition) is 1. The van der Waals surface area contributed by atoms with Gasteiger partial charge >= 0.3 is 0 Å². The Balaban J connectivity index is 2.69. The van der Waals surface area contributed by atoms with E-state index >= 15 is 0 Å². The Labute approximate surface area is 61.6 Å². The summed E-state index contributed by atoms with van der Waals surface area (Å²) in [7, 11) is 0. The molecule has 1 N–H and O–H groups in total. The van der Waals surface area contributed by atoms with Crippen LogP contribution >= 0.6 is 15.9 Å². The Morgan fingerprint density at radius 1 is 1.56 bits per heavy atom. The molecule has 0 fully saturated rings. The molecule has 0 spiro atoms. The van der Waals surface area contributed by atoms with Gasteiger partial charge in [0.1, 0.15) is 6.26 Å². The van der Waals surface area contributed by atoms with Gasteiger partial charge in [0.25, 0.3) is 0 Å². The van der Waals surface area contributed by atoms with Crippen LogP contribution in [0.2, 0.25) is 0 Å². The Kier molecular flexibility index (Phi) is 2.30. The van der Waals surface area contributed by atoms with Gasteiger partial charge < -0.3 is 9.52 Å². The van der Waals surface area contributed by atoms with E-state index in [4.69, 9.17) is 9.52 Å². The fourth-order valence-corrected chi connectivity index (χ4v) is 1.01. The first kappa shape index (κ1) is 6.83. The van der Waals surface area contributed by atoms with Crippen molar-refractivity contribution in [2.75, 3.05) is 6.61 Å². The molecule has 9 heavy (non-hydrogen) atoms. The average Bonchev–Trinajstić information content (AvgIpc) is 2.18. The van der Waals surface area contributed by atoms with Crippen LogP contribution in [0.4, 0.5) is 0 Å². The van der Waals surface area contributed by atoms with Gasteiger partial charge in [0.05, 0.1) is 10.7 Å². The Morgan fingerprint density at radius 2 is 2.33 bits per heavy atom. The van der Waals surface area contributed by atoms with Crippen molar-refractivity contribution in [3.8, 4) is 0 Å². The minimum atomic E-state index is 0.165. The first-order chi connectivity index (χ1) is 4.34. The quantitative estimate of drug-likeness (QED) is 0.769. The molecule has 1 heterocycles. The van der Waals surface area contributed by atoms with Crippen molar-refractivity contribution >= 4 is 15.9 Å². The van der Waals surface area contributed by atoms with Crippen LogP contribution < -0.4 is 0 Å². The smallest absolute Gasteiger partial charge is 0.105 e. The second-order valence-corrected chi connectivity index (χ2v) is 2.57.